The molecule has 0 radical (unpaired) electrons. The highest BCUT2D eigenvalue weighted by Gasteiger charge is 2.26. The Balaban J connectivity index is 1.74. The van der Waals surface area contributed by atoms with Crippen molar-refractivity contribution < 1.29 is 23.5 Å². The first kappa shape index (κ1) is 17.7. The zero-order valence-corrected chi connectivity index (χ0v) is 13.1. The van der Waals surface area contributed by atoms with Gasteiger partial charge in [0.2, 0.25) is 5.91 Å². The average Bonchev–Trinajstić information content (AvgIpc) is 2.59. The van der Waals surface area contributed by atoms with Crippen molar-refractivity contribution in [3.8, 4) is 0 Å². The average molecular weight is 334 g/mol. The Morgan fingerprint density at radius 2 is 1.83 bits per heavy atom. The third-order valence-electron chi connectivity index (χ3n) is 3.87. The number of amides is 2. The van der Waals surface area contributed by atoms with Crippen LogP contribution in [0.4, 0.5) is 4.39 Å². The van der Waals surface area contributed by atoms with Gasteiger partial charge in [-0.15, -0.1) is 0 Å². The number of nitrogens with two attached hydrogens (primary N) is 1. The van der Waals surface area contributed by atoms with E-state index in [4.69, 9.17) is 10.5 Å². The van der Waals surface area contributed by atoms with Gasteiger partial charge in [0.15, 0.2) is 6.61 Å². The normalized spacial score (nSPS) is 15.5. The number of likely N-dealkylation sites (tertiary alicyclic amines) is 1. The van der Waals surface area contributed by atoms with E-state index >= 15 is 0 Å². The van der Waals surface area contributed by atoms with E-state index in [0.29, 0.717) is 31.5 Å². The molecule has 1 heterocycles. The van der Waals surface area contributed by atoms with E-state index in [1.165, 1.54) is 36.4 Å². The molecule has 7 heteroatoms. The Kier molecular flexibility index (Phi) is 6.06. The molecule has 6 nitrogen and oxygen atoms in total. The lowest BCUT2D eigenvalue weighted by molar-refractivity contribution is -0.149. The van der Waals surface area contributed by atoms with Crippen LogP contribution < -0.4 is 5.73 Å². The van der Waals surface area contributed by atoms with Gasteiger partial charge in [0.1, 0.15) is 5.82 Å². The van der Waals surface area contributed by atoms with Crippen LogP contribution in [0.2, 0.25) is 0 Å². The summed E-state index contributed by atoms with van der Waals surface area (Å²) in [4.78, 5) is 36.2. The van der Waals surface area contributed by atoms with Crippen molar-refractivity contribution in [3.05, 3.63) is 41.7 Å². The molecule has 2 amide bonds. The number of carbonyl (C=O) groups is 3. The predicted octanol–water partition coefficient (Wildman–Crippen LogP) is 1.11. The number of ether oxygens (including phenoxy) is 1. The summed E-state index contributed by atoms with van der Waals surface area (Å²) in [5.74, 6) is -1.86. The smallest absolute Gasteiger partial charge is 0.331 e. The van der Waals surface area contributed by atoms with Crippen LogP contribution in [0.3, 0.4) is 0 Å². The molecule has 0 aliphatic carbocycles. The number of primary amides is 1. The molecule has 0 atom stereocenters. The summed E-state index contributed by atoms with van der Waals surface area (Å²) in [5, 5.41) is 0. The molecule has 128 valence electrons. The Morgan fingerprint density at radius 3 is 2.42 bits per heavy atom. The fourth-order valence-corrected chi connectivity index (χ4v) is 2.42. The number of hydrogen-bond acceptors (Lipinski definition) is 4. The Hall–Kier alpha value is -2.70. The van der Waals surface area contributed by atoms with E-state index < -0.39 is 5.97 Å². The van der Waals surface area contributed by atoms with E-state index in [1.807, 2.05) is 0 Å². The summed E-state index contributed by atoms with van der Waals surface area (Å²) in [6, 6.07) is 5.61. The van der Waals surface area contributed by atoms with Crippen LogP contribution in [0, 0.1) is 11.7 Å². The lowest BCUT2D eigenvalue weighted by atomic mass is 9.96. The van der Waals surface area contributed by atoms with Crippen molar-refractivity contribution in [1.82, 2.24) is 4.90 Å². The summed E-state index contributed by atoms with van der Waals surface area (Å²) in [5.41, 5.74) is 5.88. The minimum absolute atomic E-state index is 0.199. The van der Waals surface area contributed by atoms with Gasteiger partial charge in [-0.3, -0.25) is 9.59 Å². The maximum atomic E-state index is 12.8. The zero-order valence-electron chi connectivity index (χ0n) is 13.1. The lowest BCUT2D eigenvalue weighted by Crippen LogP contribution is -2.43. The first-order valence-electron chi connectivity index (χ1n) is 7.63. The van der Waals surface area contributed by atoms with Crippen molar-refractivity contribution in [3.63, 3.8) is 0 Å². The molecule has 1 aliphatic heterocycles. The van der Waals surface area contributed by atoms with Crippen molar-refractivity contribution in [1.29, 1.82) is 0 Å². The first-order chi connectivity index (χ1) is 11.5. The molecule has 2 N–H and O–H groups in total. The molecule has 0 aromatic heterocycles. The van der Waals surface area contributed by atoms with Gasteiger partial charge in [0.25, 0.3) is 5.91 Å². The summed E-state index contributed by atoms with van der Waals surface area (Å²) in [6.07, 6.45) is 3.71. The minimum atomic E-state index is -0.653. The molecule has 1 aromatic carbocycles. The van der Waals surface area contributed by atoms with Crippen LogP contribution in [0.15, 0.2) is 30.3 Å². The molecule has 1 aromatic rings. The number of esters is 1. The van der Waals surface area contributed by atoms with Gasteiger partial charge >= 0.3 is 5.97 Å². The molecule has 1 aliphatic rings. The van der Waals surface area contributed by atoms with Crippen LogP contribution in [-0.4, -0.2) is 42.4 Å². The van der Waals surface area contributed by atoms with E-state index in [2.05, 4.69) is 0 Å². The van der Waals surface area contributed by atoms with Crippen LogP contribution in [0.5, 0.6) is 0 Å². The topological polar surface area (TPSA) is 89.7 Å². The standard InChI is InChI=1S/C17H19FN2O4/c18-14-4-1-12(2-5-14)3-6-16(22)24-11-15(21)20-9-7-13(8-10-20)17(19)23/h1-6,13H,7-11H2,(H2,19,23)/b6-3-. The summed E-state index contributed by atoms with van der Waals surface area (Å²) in [6.45, 7) is 0.499. The van der Waals surface area contributed by atoms with Crippen LogP contribution >= 0.6 is 0 Å². The molecule has 0 saturated carbocycles. The summed E-state index contributed by atoms with van der Waals surface area (Å²) >= 11 is 0. The van der Waals surface area contributed by atoms with Gasteiger partial charge < -0.3 is 15.4 Å². The van der Waals surface area contributed by atoms with Gasteiger partial charge in [-0.1, -0.05) is 12.1 Å². The molecule has 1 fully saturated rings. The van der Waals surface area contributed by atoms with Crippen molar-refractivity contribution in [2.45, 2.75) is 12.8 Å². The second kappa shape index (κ2) is 8.24. The van der Waals surface area contributed by atoms with Crippen molar-refractivity contribution in [2.24, 2.45) is 11.7 Å². The number of piperidine rings is 1. The Labute approximate surface area is 139 Å². The predicted molar refractivity (Wildman–Crippen MR) is 84.9 cm³/mol. The number of hydrogen-bond donors (Lipinski definition) is 1. The second-order valence-corrected chi connectivity index (χ2v) is 5.55. The highest BCUT2D eigenvalue weighted by Crippen LogP contribution is 2.16. The van der Waals surface area contributed by atoms with E-state index in [9.17, 15) is 18.8 Å². The molecule has 0 bridgehead atoms. The molecular formula is C17H19FN2O4. The molecule has 24 heavy (non-hydrogen) atoms. The highest BCUT2D eigenvalue weighted by atomic mass is 19.1. The van der Waals surface area contributed by atoms with Crippen LogP contribution in [0.25, 0.3) is 6.08 Å². The van der Waals surface area contributed by atoms with E-state index in [0.717, 1.165) is 0 Å². The summed E-state index contributed by atoms with van der Waals surface area (Å²) < 4.78 is 17.7. The third kappa shape index (κ3) is 5.19. The van der Waals surface area contributed by atoms with Crippen molar-refractivity contribution >= 4 is 23.9 Å². The highest BCUT2D eigenvalue weighted by molar-refractivity contribution is 5.89. The molecular weight excluding hydrogens is 315 g/mol. The van der Waals surface area contributed by atoms with E-state index in [1.54, 1.807) is 4.90 Å². The maximum absolute atomic E-state index is 12.8. The van der Waals surface area contributed by atoms with Gasteiger partial charge in [0.05, 0.1) is 0 Å². The lowest BCUT2D eigenvalue weighted by Gasteiger charge is -2.30. The molecule has 0 unspecified atom stereocenters. The van der Waals surface area contributed by atoms with Gasteiger partial charge in [-0.2, -0.15) is 0 Å². The number of rotatable bonds is 5. The SMILES string of the molecule is NC(=O)C1CCN(C(=O)COC(=O)/C=C\c2ccc(F)cc2)CC1. The van der Waals surface area contributed by atoms with Crippen molar-refractivity contribution in [2.75, 3.05) is 19.7 Å². The Bertz CT molecular complexity index is 634. The van der Waals surface area contributed by atoms with Crippen LogP contribution in [0.1, 0.15) is 18.4 Å². The quantitative estimate of drug-likeness (QED) is 0.645. The zero-order chi connectivity index (χ0) is 17.5. The largest absolute Gasteiger partial charge is 0.452 e. The van der Waals surface area contributed by atoms with Gasteiger partial charge in [-0.25, -0.2) is 9.18 Å². The molecule has 2 rings (SSSR count). The fraction of sp³-hybridized carbons (Fsp3) is 0.353. The second-order valence-electron chi connectivity index (χ2n) is 5.55. The number of halogens is 1. The third-order valence-corrected chi connectivity index (χ3v) is 3.87. The molecule has 1 saturated heterocycles. The number of nitrogens with zero attached hydrogens (tertiary/aromatic N) is 1. The van der Waals surface area contributed by atoms with Gasteiger partial charge in [-0.05, 0) is 36.6 Å². The number of carbonyl (C=O) groups excluding carboxylic acids is 3. The van der Waals surface area contributed by atoms with Gasteiger partial charge in [0, 0.05) is 25.1 Å². The molecule has 0 spiro atoms. The fourth-order valence-electron chi connectivity index (χ4n) is 2.42. The Morgan fingerprint density at radius 1 is 1.21 bits per heavy atom. The minimum Gasteiger partial charge on any atom is -0.452 e. The maximum Gasteiger partial charge on any atom is 0.331 e. The number of benzene rings is 1. The monoisotopic (exact) mass is 334 g/mol. The first-order valence-corrected chi connectivity index (χ1v) is 7.63. The van der Waals surface area contributed by atoms with E-state index in [-0.39, 0.29) is 30.2 Å². The summed E-state index contributed by atoms with van der Waals surface area (Å²) in [7, 11) is 0. The van der Waals surface area contributed by atoms with Crippen LogP contribution in [-0.2, 0) is 19.1 Å².